The van der Waals surface area contributed by atoms with E-state index in [0.29, 0.717) is 36.1 Å². The molecule has 2 aromatic carbocycles. The lowest BCUT2D eigenvalue weighted by Gasteiger charge is -2.38. The van der Waals surface area contributed by atoms with Crippen LogP contribution < -0.4 is 15.5 Å². The number of amides is 2. The van der Waals surface area contributed by atoms with E-state index in [-0.39, 0.29) is 12.2 Å². The average Bonchev–Trinajstić information content (AvgIpc) is 3.52. The second-order valence-electron chi connectivity index (χ2n) is 8.38. The summed E-state index contributed by atoms with van der Waals surface area (Å²) in [6, 6.07) is 9.16. The van der Waals surface area contributed by atoms with Gasteiger partial charge in [0.15, 0.2) is 11.6 Å². The minimum Gasteiger partial charge on any atom is -0.389 e. The molecule has 1 saturated carbocycles. The zero-order chi connectivity index (χ0) is 23.1. The quantitative estimate of drug-likeness (QED) is 0.528. The van der Waals surface area contributed by atoms with Gasteiger partial charge in [-0.15, -0.1) is 0 Å². The summed E-state index contributed by atoms with van der Waals surface area (Å²) >= 11 is 0. The number of benzene rings is 2. The molecule has 172 valence electrons. The normalized spacial score (nSPS) is 15.9. The highest BCUT2D eigenvalue weighted by atomic mass is 19.2. The van der Waals surface area contributed by atoms with E-state index >= 15 is 0 Å². The molecule has 1 aromatic heterocycles. The minimum absolute atomic E-state index is 0.0801. The van der Waals surface area contributed by atoms with Crippen LogP contribution in [-0.2, 0) is 6.54 Å². The van der Waals surface area contributed by atoms with Gasteiger partial charge in [-0.05, 0) is 49.2 Å². The molecule has 7 nitrogen and oxygen atoms in total. The molecule has 0 atom stereocenters. The molecular formula is C23H22F3N5O2. The van der Waals surface area contributed by atoms with Crippen LogP contribution in [0.1, 0.15) is 30.1 Å². The summed E-state index contributed by atoms with van der Waals surface area (Å²) < 4.78 is 43.0. The van der Waals surface area contributed by atoms with E-state index in [1.165, 1.54) is 16.8 Å². The van der Waals surface area contributed by atoms with Crippen LogP contribution >= 0.6 is 0 Å². The Kier molecular flexibility index (Phi) is 5.45. The first-order valence-corrected chi connectivity index (χ1v) is 10.7. The van der Waals surface area contributed by atoms with Gasteiger partial charge in [-0.25, -0.2) is 22.6 Å². The van der Waals surface area contributed by atoms with Crippen molar-refractivity contribution in [3.8, 4) is 5.69 Å². The third-order valence-corrected chi connectivity index (χ3v) is 5.78. The largest absolute Gasteiger partial charge is 0.389 e. The second kappa shape index (κ2) is 8.43. The van der Waals surface area contributed by atoms with Crippen molar-refractivity contribution in [2.75, 3.05) is 23.3 Å². The first-order chi connectivity index (χ1) is 15.9. The van der Waals surface area contributed by atoms with E-state index in [0.717, 1.165) is 30.7 Å². The molecule has 2 heterocycles. The molecule has 3 aromatic rings. The van der Waals surface area contributed by atoms with Crippen LogP contribution in [0.15, 0.2) is 42.5 Å². The van der Waals surface area contributed by atoms with Crippen molar-refractivity contribution in [2.24, 2.45) is 0 Å². The Morgan fingerprint density at radius 1 is 1.03 bits per heavy atom. The van der Waals surface area contributed by atoms with Gasteiger partial charge in [0.1, 0.15) is 5.82 Å². The Morgan fingerprint density at radius 2 is 1.82 bits per heavy atom. The van der Waals surface area contributed by atoms with Gasteiger partial charge in [0.2, 0.25) is 0 Å². The lowest BCUT2D eigenvalue weighted by molar-refractivity contribution is 0.141. The number of β-amino-alcohol motifs (C(OH)–C–C–N with tert-alkyl or cyclic N) is 1. The summed E-state index contributed by atoms with van der Waals surface area (Å²) in [5, 5.41) is 19.2. The maximum absolute atomic E-state index is 14.4. The number of rotatable bonds is 6. The zero-order valence-electron chi connectivity index (χ0n) is 17.6. The highest BCUT2D eigenvalue weighted by Crippen LogP contribution is 2.39. The number of hydrogen-bond acceptors (Lipinski definition) is 4. The summed E-state index contributed by atoms with van der Waals surface area (Å²) in [5.74, 6) is -2.09. The SMILES string of the molecule is O=C(NCc1cc(C2CC2)nn1-c1ccc(F)c(F)c1)Nc1ccc(N2CC(O)C2)c(F)c1. The van der Waals surface area contributed by atoms with Gasteiger partial charge < -0.3 is 20.6 Å². The molecule has 5 rings (SSSR count). The second-order valence-corrected chi connectivity index (χ2v) is 8.38. The van der Waals surface area contributed by atoms with E-state index < -0.39 is 29.6 Å². The minimum atomic E-state index is -0.981. The average molecular weight is 457 g/mol. The van der Waals surface area contributed by atoms with E-state index in [9.17, 15) is 23.1 Å². The molecule has 2 amide bonds. The van der Waals surface area contributed by atoms with E-state index in [4.69, 9.17) is 0 Å². The van der Waals surface area contributed by atoms with E-state index in [1.54, 1.807) is 17.0 Å². The lowest BCUT2D eigenvalue weighted by atomic mass is 10.1. The van der Waals surface area contributed by atoms with Gasteiger partial charge in [0, 0.05) is 30.8 Å². The number of aliphatic hydroxyl groups is 1. The molecule has 1 aliphatic carbocycles. The fraction of sp³-hybridized carbons (Fsp3) is 0.304. The molecule has 3 N–H and O–H groups in total. The molecule has 33 heavy (non-hydrogen) atoms. The molecule has 2 fully saturated rings. The molecule has 10 heteroatoms. The standard InChI is InChI=1S/C23H22F3N5O2/c24-18-5-4-15(8-19(18)25)31-16(9-21(29-31)13-1-2-13)10-27-23(33)28-14-3-6-22(20(26)7-14)30-11-17(32)12-30/h3-9,13,17,32H,1-2,10-12H2,(H2,27,28,33). The van der Waals surface area contributed by atoms with Crippen molar-refractivity contribution in [1.29, 1.82) is 0 Å². The first-order valence-electron chi connectivity index (χ1n) is 10.7. The van der Waals surface area contributed by atoms with E-state index in [1.807, 2.05) is 6.07 Å². The number of carbonyl (C=O) groups is 1. The number of urea groups is 1. The topological polar surface area (TPSA) is 82.4 Å². The maximum atomic E-state index is 14.4. The fourth-order valence-corrected chi connectivity index (χ4v) is 3.82. The highest BCUT2D eigenvalue weighted by molar-refractivity contribution is 5.89. The van der Waals surface area contributed by atoms with Gasteiger partial charge in [-0.2, -0.15) is 5.10 Å². The molecule has 0 unspecified atom stereocenters. The highest BCUT2D eigenvalue weighted by Gasteiger charge is 2.28. The molecule has 1 saturated heterocycles. The number of aromatic nitrogens is 2. The number of nitrogens with one attached hydrogen (secondary N) is 2. The number of anilines is 2. The van der Waals surface area contributed by atoms with Crippen molar-refractivity contribution >= 4 is 17.4 Å². The van der Waals surface area contributed by atoms with Crippen LogP contribution in [0.3, 0.4) is 0 Å². The Labute approximate surface area is 187 Å². The summed E-state index contributed by atoms with van der Waals surface area (Å²) in [6.07, 6.45) is 1.58. The maximum Gasteiger partial charge on any atom is 0.319 e. The van der Waals surface area contributed by atoms with Crippen LogP contribution in [-0.4, -0.2) is 40.1 Å². The summed E-state index contributed by atoms with van der Waals surface area (Å²) in [7, 11) is 0. The Morgan fingerprint density at radius 3 is 2.48 bits per heavy atom. The molecular weight excluding hydrogens is 435 g/mol. The van der Waals surface area contributed by atoms with Crippen LogP contribution in [0, 0.1) is 17.5 Å². The molecule has 0 radical (unpaired) electrons. The van der Waals surface area contributed by atoms with Crippen LogP contribution in [0.25, 0.3) is 5.69 Å². The molecule has 0 spiro atoms. The first kappa shape index (κ1) is 21.3. The smallest absolute Gasteiger partial charge is 0.319 e. The van der Waals surface area contributed by atoms with Crippen molar-refractivity contribution < 1.29 is 23.1 Å². The fourth-order valence-electron chi connectivity index (χ4n) is 3.82. The predicted molar refractivity (Wildman–Crippen MR) is 116 cm³/mol. The van der Waals surface area contributed by atoms with E-state index in [2.05, 4.69) is 15.7 Å². The zero-order valence-corrected chi connectivity index (χ0v) is 17.6. The Hall–Kier alpha value is -3.53. The number of halogens is 3. The van der Waals surface area contributed by atoms with Crippen molar-refractivity contribution in [3.05, 3.63) is 71.3 Å². The number of aliphatic hydroxyl groups excluding tert-OH is 1. The van der Waals surface area contributed by atoms with Crippen molar-refractivity contribution in [2.45, 2.75) is 31.4 Å². The summed E-state index contributed by atoms with van der Waals surface area (Å²) in [4.78, 5) is 14.1. The van der Waals surface area contributed by atoms with Crippen LogP contribution in [0.5, 0.6) is 0 Å². The number of carbonyl (C=O) groups excluding carboxylic acids is 1. The van der Waals surface area contributed by atoms with Crippen LogP contribution in [0.4, 0.5) is 29.3 Å². The monoisotopic (exact) mass is 457 g/mol. The summed E-state index contributed by atoms with van der Waals surface area (Å²) in [6.45, 7) is 0.827. The Bertz CT molecular complexity index is 1200. The van der Waals surface area contributed by atoms with Gasteiger partial charge in [-0.3, -0.25) is 0 Å². The molecule has 0 bridgehead atoms. The van der Waals surface area contributed by atoms with Gasteiger partial charge in [0.25, 0.3) is 0 Å². The van der Waals surface area contributed by atoms with Crippen molar-refractivity contribution in [1.82, 2.24) is 15.1 Å². The van der Waals surface area contributed by atoms with Crippen molar-refractivity contribution in [3.63, 3.8) is 0 Å². The number of hydrogen-bond donors (Lipinski definition) is 3. The molecule has 1 aliphatic heterocycles. The van der Waals surface area contributed by atoms with Gasteiger partial charge in [0.05, 0.1) is 35.4 Å². The lowest BCUT2D eigenvalue weighted by Crippen LogP contribution is -2.51. The van der Waals surface area contributed by atoms with Crippen LogP contribution in [0.2, 0.25) is 0 Å². The van der Waals surface area contributed by atoms with Gasteiger partial charge >= 0.3 is 6.03 Å². The Balaban J connectivity index is 1.26. The molecule has 2 aliphatic rings. The third kappa shape index (κ3) is 4.51. The predicted octanol–water partition coefficient (Wildman–Crippen LogP) is 3.67. The summed E-state index contributed by atoms with van der Waals surface area (Å²) in [5.41, 5.74) is 2.45. The number of nitrogens with zero attached hydrogens (tertiary/aromatic N) is 3. The third-order valence-electron chi connectivity index (χ3n) is 5.78. The van der Waals surface area contributed by atoms with Gasteiger partial charge in [-0.1, -0.05) is 0 Å².